The molecule has 0 amide bonds. The summed E-state index contributed by atoms with van der Waals surface area (Å²) in [6.07, 6.45) is 0.0478. The first-order valence-corrected chi connectivity index (χ1v) is 9.86. The van der Waals surface area contributed by atoms with Crippen LogP contribution in [0.1, 0.15) is 69.2 Å². The van der Waals surface area contributed by atoms with Crippen molar-refractivity contribution in [3.05, 3.63) is 12.1 Å². The number of ether oxygens (including phenoxy) is 3. The molecule has 1 aromatic rings. The molecule has 0 aromatic heterocycles. The van der Waals surface area contributed by atoms with Gasteiger partial charge in [0.15, 0.2) is 11.5 Å². The highest BCUT2D eigenvalue weighted by Crippen LogP contribution is 2.39. The average molecular weight is 378 g/mol. The summed E-state index contributed by atoms with van der Waals surface area (Å²) in [4.78, 5) is 0. The SMILES string of the molecule is CC(C)Oc1cc(OC(C)C)c(B2OC(C)(C)C(C)(C)O2)cc1OC(C)C. The maximum atomic E-state index is 6.25. The normalized spacial score (nSPS) is 18.5. The van der Waals surface area contributed by atoms with E-state index in [1.807, 2.05) is 81.4 Å². The highest BCUT2D eigenvalue weighted by Gasteiger charge is 2.52. The first kappa shape index (κ1) is 21.9. The monoisotopic (exact) mass is 378 g/mol. The maximum absolute atomic E-state index is 6.25. The Balaban J connectivity index is 2.53. The number of hydrogen-bond acceptors (Lipinski definition) is 5. The Kier molecular flexibility index (Phi) is 6.42. The second kappa shape index (κ2) is 7.92. The molecule has 5 nitrogen and oxygen atoms in total. The second-order valence-electron chi connectivity index (χ2n) is 8.92. The van der Waals surface area contributed by atoms with Gasteiger partial charge >= 0.3 is 7.12 Å². The average Bonchev–Trinajstić information content (AvgIpc) is 2.68. The molecule has 0 bridgehead atoms. The lowest BCUT2D eigenvalue weighted by atomic mass is 9.78. The van der Waals surface area contributed by atoms with Crippen molar-refractivity contribution in [2.24, 2.45) is 0 Å². The topological polar surface area (TPSA) is 46.2 Å². The van der Waals surface area contributed by atoms with E-state index in [0.717, 1.165) is 5.46 Å². The lowest BCUT2D eigenvalue weighted by Crippen LogP contribution is -2.41. The van der Waals surface area contributed by atoms with Crippen molar-refractivity contribution in [1.82, 2.24) is 0 Å². The molecule has 0 spiro atoms. The van der Waals surface area contributed by atoms with Crippen LogP contribution < -0.4 is 19.7 Å². The first-order chi connectivity index (χ1) is 12.3. The van der Waals surface area contributed by atoms with E-state index in [9.17, 15) is 0 Å². The van der Waals surface area contributed by atoms with Crippen LogP contribution in [-0.4, -0.2) is 36.6 Å². The van der Waals surface area contributed by atoms with Crippen LogP contribution in [0.15, 0.2) is 12.1 Å². The van der Waals surface area contributed by atoms with Gasteiger partial charge in [0.1, 0.15) is 5.75 Å². The first-order valence-electron chi connectivity index (χ1n) is 9.86. The largest absolute Gasteiger partial charge is 0.498 e. The molecule has 0 radical (unpaired) electrons. The zero-order valence-electron chi connectivity index (χ0n) is 18.5. The predicted octanol–water partition coefficient (Wildman–Crippen LogP) is 4.35. The molecule has 0 unspecified atom stereocenters. The molecule has 0 atom stereocenters. The molecule has 2 rings (SSSR count). The van der Waals surface area contributed by atoms with Crippen LogP contribution in [0.3, 0.4) is 0 Å². The van der Waals surface area contributed by atoms with Crippen LogP contribution in [0.4, 0.5) is 0 Å². The lowest BCUT2D eigenvalue weighted by molar-refractivity contribution is 0.00578. The summed E-state index contributed by atoms with van der Waals surface area (Å²) >= 11 is 0. The molecule has 1 aliphatic heterocycles. The van der Waals surface area contributed by atoms with Crippen molar-refractivity contribution >= 4 is 12.6 Å². The summed E-state index contributed by atoms with van der Waals surface area (Å²) in [6, 6.07) is 3.82. The maximum Gasteiger partial charge on any atom is 0.498 e. The van der Waals surface area contributed by atoms with Crippen LogP contribution in [0, 0.1) is 0 Å². The Hall–Kier alpha value is -1.40. The van der Waals surface area contributed by atoms with Gasteiger partial charge < -0.3 is 23.5 Å². The zero-order chi connectivity index (χ0) is 20.6. The van der Waals surface area contributed by atoms with Gasteiger partial charge in [0.2, 0.25) is 0 Å². The summed E-state index contributed by atoms with van der Waals surface area (Å²) < 4.78 is 30.6. The van der Waals surface area contributed by atoms with Crippen molar-refractivity contribution in [3.8, 4) is 17.2 Å². The van der Waals surface area contributed by atoms with Gasteiger partial charge in [-0.25, -0.2) is 0 Å². The fourth-order valence-electron chi connectivity index (χ4n) is 2.76. The zero-order valence-corrected chi connectivity index (χ0v) is 18.5. The molecule has 0 saturated carbocycles. The van der Waals surface area contributed by atoms with Crippen LogP contribution in [0.2, 0.25) is 0 Å². The summed E-state index contributed by atoms with van der Waals surface area (Å²) in [6.45, 7) is 20.1. The summed E-state index contributed by atoms with van der Waals surface area (Å²) in [5.41, 5.74) is -0.0492. The Bertz CT molecular complexity index is 636. The van der Waals surface area contributed by atoms with E-state index in [4.69, 9.17) is 23.5 Å². The molecular weight excluding hydrogens is 343 g/mol. The van der Waals surface area contributed by atoms with Crippen LogP contribution >= 0.6 is 0 Å². The van der Waals surface area contributed by atoms with Gasteiger partial charge in [-0.05, 0) is 75.3 Å². The summed E-state index contributed by atoms with van der Waals surface area (Å²) in [5, 5.41) is 0. The molecule has 0 aliphatic carbocycles. The predicted molar refractivity (Wildman–Crippen MR) is 109 cm³/mol. The van der Waals surface area contributed by atoms with E-state index in [1.165, 1.54) is 0 Å². The van der Waals surface area contributed by atoms with Gasteiger partial charge in [-0.15, -0.1) is 0 Å². The quantitative estimate of drug-likeness (QED) is 0.661. The van der Waals surface area contributed by atoms with Crippen molar-refractivity contribution in [2.75, 3.05) is 0 Å². The molecule has 1 fully saturated rings. The minimum absolute atomic E-state index is 0.00920. The number of hydrogen-bond donors (Lipinski definition) is 0. The van der Waals surface area contributed by atoms with Gasteiger partial charge in [-0.2, -0.15) is 0 Å². The summed E-state index contributed by atoms with van der Waals surface area (Å²) in [7, 11) is -0.536. The Morgan fingerprint density at radius 3 is 1.44 bits per heavy atom. The van der Waals surface area contributed by atoms with Crippen molar-refractivity contribution < 1.29 is 23.5 Å². The third-order valence-corrected chi connectivity index (χ3v) is 4.67. The minimum atomic E-state index is -0.536. The van der Waals surface area contributed by atoms with Crippen molar-refractivity contribution in [1.29, 1.82) is 0 Å². The van der Waals surface area contributed by atoms with E-state index < -0.39 is 18.3 Å². The Morgan fingerprint density at radius 2 is 1.04 bits per heavy atom. The van der Waals surface area contributed by atoms with Crippen molar-refractivity contribution in [2.45, 2.75) is 98.8 Å². The van der Waals surface area contributed by atoms with Crippen LogP contribution in [0.5, 0.6) is 17.2 Å². The highest BCUT2D eigenvalue weighted by molar-refractivity contribution is 6.63. The Labute approximate surface area is 164 Å². The van der Waals surface area contributed by atoms with E-state index in [2.05, 4.69) is 0 Å². The fraction of sp³-hybridized carbons (Fsp3) is 0.714. The molecule has 1 heterocycles. The van der Waals surface area contributed by atoms with E-state index in [1.54, 1.807) is 0 Å². The molecule has 27 heavy (non-hydrogen) atoms. The van der Waals surface area contributed by atoms with E-state index >= 15 is 0 Å². The van der Waals surface area contributed by atoms with E-state index in [-0.39, 0.29) is 18.3 Å². The van der Waals surface area contributed by atoms with Gasteiger partial charge in [0, 0.05) is 11.5 Å². The number of benzene rings is 1. The lowest BCUT2D eigenvalue weighted by Gasteiger charge is -2.32. The fourth-order valence-corrected chi connectivity index (χ4v) is 2.76. The highest BCUT2D eigenvalue weighted by atomic mass is 16.7. The summed E-state index contributed by atoms with van der Waals surface area (Å²) in [5.74, 6) is 2.02. The van der Waals surface area contributed by atoms with Crippen LogP contribution in [0.25, 0.3) is 0 Å². The molecule has 6 heteroatoms. The van der Waals surface area contributed by atoms with E-state index in [0.29, 0.717) is 17.2 Å². The van der Waals surface area contributed by atoms with Gasteiger partial charge in [0.05, 0.1) is 29.5 Å². The molecule has 0 N–H and O–H groups in total. The number of rotatable bonds is 7. The van der Waals surface area contributed by atoms with Gasteiger partial charge in [-0.3, -0.25) is 0 Å². The van der Waals surface area contributed by atoms with Crippen molar-refractivity contribution in [3.63, 3.8) is 0 Å². The van der Waals surface area contributed by atoms with Gasteiger partial charge in [0.25, 0.3) is 0 Å². The molecule has 1 aromatic carbocycles. The third kappa shape index (κ3) is 5.11. The third-order valence-electron chi connectivity index (χ3n) is 4.67. The Morgan fingerprint density at radius 1 is 0.667 bits per heavy atom. The van der Waals surface area contributed by atoms with Gasteiger partial charge in [-0.1, -0.05) is 0 Å². The second-order valence-corrected chi connectivity index (χ2v) is 8.92. The smallest absolute Gasteiger partial charge is 0.491 e. The molecule has 1 aliphatic rings. The standard InChI is InChI=1S/C21H35BO5/c1-13(2)23-17-12-19(25-15(5)6)18(24-14(3)4)11-16(17)22-26-20(7,8)21(9,10)27-22/h11-15H,1-10H3. The molecule has 1 saturated heterocycles. The minimum Gasteiger partial charge on any atom is -0.491 e. The molecular formula is C21H35BO5. The van der Waals surface area contributed by atoms with Crippen LogP contribution in [-0.2, 0) is 9.31 Å². The molecule has 152 valence electrons.